The van der Waals surface area contributed by atoms with Crippen molar-refractivity contribution < 1.29 is 14.2 Å². The van der Waals surface area contributed by atoms with Crippen LogP contribution in [0.15, 0.2) is 30.6 Å². The highest BCUT2D eigenvalue weighted by Gasteiger charge is 2.13. The minimum atomic E-state index is 0.311. The third-order valence-corrected chi connectivity index (χ3v) is 2.68. The van der Waals surface area contributed by atoms with Crippen LogP contribution in [-0.4, -0.2) is 24.2 Å². The maximum Gasteiger partial charge on any atom is 0.238 e. The first-order chi connectivity index (χ1) is 9.28. The molecule has 1 aromatic carbocycles. The zero-order chi connectivity index (χ0) is 13.7. The van der Waals surface area contributed by atoms with Gasteiger partial charge in [-0.1, -0.05) is 6.07 Å². The lowest BCUT2D eigenvalue weighted by Gasteiger charge is -2.12. The molecule has 0 unspecified atom stereocenters. The summed E-state index contributed by atoms with van der Waals surface area (Å²) in [6, 6.07) is 5.36. The molecule has 0 aliphatic carbocycles. The van der Waals surface area contributed by atoms with Crippen LogP contribution in [0.25, 0.3) is 0 Å². The van der Waals surface area contributed by atoms with Crippen molar-refractivity contribution in [3.05, 3.63) is 36.3 Å². The summed E-state index contributed by atoms with van der Waals surface area (Å²) in [4.78, 5) is 8.22. The van der Waals surface area contributed by atoms with E-state index in [0.29, 0.717) is 34.7 Å². The molecule has 5 nitrogen and oxygen atoms in total. The minimum absolute atomic E-state index is 0.311. The molecule has 1 aromatic heterocycles. The number of alkyl halides is 1. The lowest BCUT2D eigenvalue weighted by molar-refractivity contribution is 0.341. The number of ether oxygens (including phenoxy) is 3. The Morgan fingerprint density at radius 3 is 2.21 bits per heavy atom. The van der Waals surface area contributed by atoms with Crippen LogP contribution in [0.4, 0.5) is 0 Å². The molecule has 0 aliphatic rings. The van der Waals surface area contributed by atoms with E-state index in [1.165, 1.54) is 6.20 Å². The lowest BCUT2D eigenvalue weighted by atomic mass is 10.3. The van der Waals surface area contributed by atoms with Gasteiger partial charge in [-0.3, -0.25) is 4.98 Å². The largest absolute Gasteiger partial charge is 0.493 e. The van der Waals surface area contributed by atoms with Crippen molar-refractivity contribution >= 4 is 11.6 Å². The molecule has 0 bridgehead atoms. The quantitative estimate of drug-likeness (QED) is 0.788. The van der Waals surface area contributed by atoms with E-state index in [1.807, 2.05) is 6.07 Å². The van der Waals surface area contributed by atoms with Gasteiger partial charge in [0.1, 0.15) is 0 Å². The molecule has 0 spiro atoms. The first-order valence-electron chi connectivity index (χ1n) is 5.54. The second kappa shape index (κ2) is 6.24. The first-order valence-corrected chi connectivity index (χ1v) is 6.07. The van der Waals surface area contributed by atoms with Gasteiger partial charge in [0, 0.05) is 0 Å². The third kappa shape index (κ3) is 3.06. The van der Waals surface area contributed by atoms with E-state index < -0.39 is 0 Å². The highest BCUT2D eigenvalue weighted by Crippen LogP contribution is 2.39. The van der Waals surface area contributed by atoms with E-state index in [0.717, 1.165) is 0 Å². The van der Waals surface area contributed by atoms with Gasteiger partial charge >= 0.3 is 0 Å². The Labute approximate surface area is 116 Å². The summed E-state index contributed by atoms with van der Waals surface area (Å²) in [6.45, 7) is 0. The van der Waals surface area contributed by atoms with Crippen LogP contribution in [0.1, 0.15) is 5.69 Å². The van der Waals surface area contributed by atoms with Crippen LogP contribution >= 0.6 is 11.6 Å². The molecule has 2 aromatic rings. The van der Waals surface area contributed by atoms with Gasteiger partial charge in [-0.15, -0.1) is 11.6 Å². The molecular weight excluding hydrogens is 268 g/mol. The van der Waals surface area contributed by atoms with Crippen molar-refractivity contribution in [3.63, 3.8) is 0 Å². The minimum Gasteiger partial charge on any atom is -0.493 e. The molecule has 0 amide bonds. The van der Waals surface area contributed by atoms with Gasteiger partial charge in [-0.2, -0.15) is 0 Å². The number of halogens is 1. The molecule has 0 atom stereocenters. The summed E-state index contributed by atoms with van der Waals surface area (Å²) in [6.07, 6.45) is 3.06. The predicted molar refractivity (Wildman–Crippen MR) is 71.2 cm³/mol. The van der Waals surface area contributed by atoms with Crippen LogP contribution in [-0.2, 0) is 5.88 Å². The number of rotatable bonds is 5. The molecule has 2 rings (SSSR count). The number of hydrogen-bond acceptors (Lipinski definition) is 5. The standard InChI is InChI=1S/C13H13ClN2O3/c1-17-10-4-3-5-11(18-2)13(10)19-12-8-15-9(6-14)7-16-12/h3-5,7-8H,6H2,1-2H3. The van der Waals surface area contributed by atoms with Crippen LogP contribution < -0.4 is 14.2 Å². The Bertz CT molecular complexity index is 524. The highest BCUT2D eigenvalue weighted by atomic mass is 35.5. The van der Waals surface area contributed by atoms with Crippen LogP contribution in [0, 0.1) is 0 Å². The summed E-state index contributed by atoms with van der Waals surface area (Å²) in [5.41, 5.74) is 0.681. The predicted octanol–water partition coefficient (Wildman–Crippen LogP) is 3.02. The van der Waals surface area contributed by atoms with E-state index >= 15 is 0 Å². The number of hydrogen-bond donors (Lipinski definition) is 0. The second-order valence-electron chi connectivity index (χ2n) is 3.57. The van der Waals surface area contributed by atoms with Crippen molar-refractivity contribution in [2.24, 2.45) is 0 Å². The molecular formula is C13H13ClN2O3. The summed E-state index contributed by atoms with van der Waals surface area (Å²) in [5, 5.41) is 0. The lowest BCUT2D eigenvalue weighted by Crippen LogP contribution is -1.97. The van der Waals surface area contributed by atoms with Crippen LogP contribution in [0.2, 0.25) is 0 Å². The number of methoxy groups -OCH3 is 2. The summed E-state index contributed by atoms with van der Waals surface area (Å²) in [7, 11) is 3.12. The molecule has 0 aliphatic heterocycles. The number of nitrogens with zero attached hydrogens (tertiary/aromatic N) is 2. The Hall–Kier alpha value is -2.01. The van der Waals surface area contributed by atoms with Gasteiger partial charge in [-0.25, -0.2) is 4.98 Å². The maximum atomic E-state index is 5.66. The first kappa shape index (κ1) is 13.4. The molecule has 0 saturated carbocycles. The second-order valence-corrected chi connectivity index (χ2v) is 3.84. The molecule has 0 fully saturated rings. The monoisotopic (exact) mass is 280 g/mol. The van der Waals surface area contributed by atoms with Crippen molar-refractivity contribution in [1.82, 2.24) is 9.97 Å². The fourth-order valence-electron chi connectivity index (χ4n) is 1.49. The van der Waals surface area contributed by atoms with Crippen molar-refractivity contribution in [2.45, 2.75) is 5.88 Å². The number of benzene rings is 1. The molecule has 19 heavy (non-hydrogen) atoms. The van der Waals surface area contributed by atoms with E-state index in [9.17, 15) is 0 Å². The number of aromatic nitrogens is 2. The van der Waals surface area contributed by atoms with Crippen molar-refractivity contribution in [3.8, 4) is 23.1 Å². The Morgan fingerprint density at radius 1 is 1.05 bits per heavy atom. The van der Waals surface area contributed by atoms with Crippen molar-refractivity contribution in [2.75, 3.05) is 14.2 Å². The van der Waals surface area contributed by atoms with E-state index in [1.54, 1.807) is 32.5 Å². The van der Waals surface area contributed by atoms with E-state index in [4.69, 9.17) is 25.8 Å². The fraction of sp³-hybridized carbons (Fsp3) is 0.231. The Morgan fingerprint density at radius 2 is 1.74 bits per heavy atom. The Kier molecular flexibility index (Phi) is 4.41. The van der Waals surface area contributed by atoms with Gasteiger partial charge in [-0.05, 0) is 12.1 Å². The summed E-state index contributed by atoms with van der Waals surface area (Å²) in [5.74, 6) is 2.23. The SMILES string of the molecule is COc1cccc(OC)c1Oc1cnc(CCl)cn1. The van der Waals surface area contributed by atoms with Gasteiger partial charge < -0.3 is 14.2 Å². The van der Waals surface area contributed by atoms with Crippen LogP contribution in [0.5, 0.6) is 23.1 Å². The summed E-state index contributed by atoms with van der Waals surface area (Å²) < 4.78 is 16.1. The van der Waals surface area contributed by atoms with Gasteiger partial charge in [0.05, 0.1) is 38.2 Å². The van der Waals surface area contributed by atoms with Gasteiger partial charge in [0.15, 0.2) is 11.5 Å². The molecule has 6 heteroatoms. The van der Waals surface area contributed by atoms with Crippen molar-refractivity contribution in [1.29, 1.82) is 0 Å². The zero-order valence-electron chi connectivity index (χ0n) is 10.6. The Balaban J connectivity index is 2.30. The normalized spacial score (nSPS) is 10.1. The maximum absolute atomic E-state index is 5.66. The van der Waals surface area contributed by atoms with Crippen LogP contribution in [0.3, 0.4) is 0 Å². The van der Waals surface area contributed by atoms with E-state index in [2.05, 4.69) is 9.97 Å². The van der Waals surface area contributed by atoms with Gasteiger partial charge in [0.2, 0.25) is 11.6 Å². The molecule has 0 saturated heterocycles. The number of para-hydroxylation sites is 1. The molecule has 1 heterocycles. The molecule has 0 radical (unpaired) electrons. The summed E-state index contributed by atoms with van der Waals surface area (Å²) >= 11 is 5.65. The zero-order valence-corrected chi connectivity index (χ0v) is 11.3. The smallest absolute Gasteiger partial charge is 0.238 e. The topological polar surface area (TPSA) is 53.5 Å². The van der Waals surface area contributed by atoms with E-state index in [-0.39, 0.29) is 0 Å². The highest BCUT2D eigenvalue weighted by molar-refractivity contribution is 6.16. The third-order valence-electron chi connectivity index (χ3n) is 2.41. The average Bonchev–Trinajstić information content (AvgIpc) is 2.48. The fourth-order valence-corrected chi connectivity index (χ4v) is 1.62. The van der Waals surface area contributed by atoms with Gasteiger partial charge in [0.25, 0.3) is 0 Å². The molecule has 0 N–H and O–H groups in total. The molecule has 100 valence electrons. The average molecular weight is 281 g/mol.